The predicted octanol–water partition coefficient (Wildman–Crippen LogP) is 1.94. The molecule has 2 aliphatic rings. The number of likely N-dealkylation sites (tertiary alicyclic amines) is 1. The largest absolute Gasteiger partial charge is 0.337 e. The quantitative estimate of drug-likeness (QED) is 0.794. The van der Waals surface area contributed by atoms with Gasteiger partial charge in [-0.1, -0.05) is 25.5 Å². The van der Waals surface area contributed by atoms with E-state index in [4.69, 9.17) is 0 Å². The number of hydrogen-bond acceptors (Lipinski definition) is 4. The van der Waals surface area contributed by atoms with Gasteiger partial charge in [0, 0.05) is 38.4 Å². The highest BCUT2D eigenvalue weighted by Gasteiger charge is 2.48. The van der Waals surface area contributed by atoms with Gasteiger partial charge < -0.3 is 9.80 Å². The van der Waals surface area contributed by atoms with Crippen molar-refractivity contribution in [2.24, 2.45) is 7.05 Å². The number of benzene rings is 1. The number of piperazine rings is 1. The predicted molar refractivity (Wildman–Crippen MR) is 112 cm³/mol. The number of aromatic nitrogens is 2. The number of carbonyl (C=O) groups excluding carboxylic acids is 2. The Balaban J connectivity index is 1.50. The average Bonchev–Trinajstić information content (AvgIpc) is 3.33. The fourth-order valence-corrected chi connectivity index (χ4v) is 4.50. The summed E-state index contributed by atoms with van der Waals surface area (Å²) in [6, 6.07) is 7.99. The lowest BCUT2D eigenvalue weighted by molar-refractivity contribution is -0.123. The lowest BCUT2D eigenvalue weighted by Gasteiger charge is -2.46. The van der Waals surface area contributed by atoms with E-state index in [0.29, 0.717) is 26.2 Å². The van der Waals surface area contributed by atoms with E-state index in [-0.39, 0.29) is 17.4 Å². The van der Waals surface area contributed by atoms with Crippen LogP contribution in [0.5, 0.6) is 0 Å². The van der Waals surface area contributed by atoms with Gasteiger partial charge in [-0.2, -0.15) is 5.10 Å². The standard InChI is InChI=1S/C22H29N5O2/c1-4-5-17-6-8-18(9-7-17)21(29)26-11-10-22(15-26)16-27(20(28)14-24(22)2)19-12-23-25(3)13-19/h6-9,12-13H,4-5,10-11,14-16H2,1-3H3/t22-/m0/s1. The molecule has 0 saturated carbocycles. The Bertz CT molecular complexity index is 906. The number of hydrogen-bond donors (Lipinski definition) is 0. The molecule has 29 heavy (non-hydrogen) atoms. The summed E-state index contributed by atoms with van der Waals surface area (Å²) in [4.78, 5) is 31.6. The molecule has 7 nitrogen and oxygen atoms in total. The summed E-state index contributed by atoms with van der Waals surface area (Å²) in [6.45, 7) is 4.41. The van der Waals surface area contributed by atoms with Gasteiger partial charge >= 0.3 is 0 Å². The van der Waals surface area contributed by atoms with Crippen molar-refractivity contribution in [1.82, 2.24) is 19.6 Å². The van der Waals surface area contributed by atoms with Gasteiger partial charge in [0.1, 0.15) is 0 Å². The Labute approximate surface area is 171 Å². The van der Waals surface area contributed by atoms with E-state index < -0.39 is 0 Å². The number of amides is 2. The van der Waals surface area contributed by atoms with Crippen LogP contribution in [0.1, 0.15) is 35.7 Å². The first-order valence-corrected chi connectivity index (χ1v) is 10.3. The van der Waals surface area contributed by atoms with E-state index in [2.05, 4.69) is 29.1 Å². The molecule has 2 aliphatic heterocycles. The molecule has 4 rings (SSSR count). The second kappa shape index (κ2) is 7.63. The maximum absolute atomic E-state index is 13.1. The molecule has 1 spiro atoms. The van der Waals surface area contributed by atoms with Crippen LogP contribution in [0.4, 0.5) is 5.69 Å². The lowest BCUT2D eigenvalue weighted by atomic mass is 9.93. The molecule has 154 valence electrons. The minimum absolute atomic E-state index is 0.0717. The first-order chi connectivity index (χ1) is 13.9. The number of aryl methyl sites for hydroxylation is 2. The van der Waals surface area contributed by atoms with Crippen LogP contribution in [-0.2, 0) is 18.3 Å². The van der Waals surface area contributed by atoms with Crippen LogP contribution in [0.15, 0.2) is 36.7 Å². The number of likely N-dealkylation sites (N-methyl/N-ethyl adjacent to an activating group) is 1. The van der Waals surface area contributed by atoms with Crippen LogP contribution in [-0.4, -0.2) is 70.2 Å². The van der Waals surface area contributed by atoms with Crippen molar-refractivity contribution in [1.29, 1.82) is 0 Å². The topological polar surface area (TPSA) is 61.7 Å². The molecule has 1 atom stereocenters. The molecule has 1 aromatic carbocycles. The molecule has 0 radical (unpaired) electrons. The summed E-state index contributed by atoms with van der Waals surface area (Å²) in [5.74, 6) is 0.144. The van der Waals surface area contributed by atoms with Crippen molar-refractivity contribution in [3.8, 4) is 0 Å². The SMILES string of the molecule is CCCc1ccc(C(=O)N2CC[C@]3(C2)CN(c2cnn(C)c2)C(=O)CN3C)cc1. The van der Waals surface area contributed by atoms with E-state index in [1.165, 1.54) is 5.56 Å². The Hall–Kier alpha value is -2.67. The van der Waals surface area contributed by atoms with Crippen molar-refractivity contribution in [2.75, 3.05) is 38.1 Å². The molecule has 1 aromatic heterocycles. The van der Waals surface area contributed by atoms with E-state index in [9.17, 15) is 9.59 Å². The highest BCUT2D eigenvalue weighted by Crippen LogP contribution is 2.34. The van der Waals surface area contributed by atoms with Gasteiger partial charge in [0.05, 0.1) is 24.0 Å². The third-order valence-corrected chi connectivity index (χ3v) is 6.30. The Morgan fingerprint density at radius 2 is 1.93 bits per heavy atom. The van der Waals surface area contributed by atoms with E-state index >= 15 is 0 Å². The molecule has 0 N–H and O–H groups in total. The van der Waals surface area contributed by atoms with Crippen LogP contribution in [0.3, 0.4) is 0 Å². The second-order valence-electron chi connectivity index (χ2n) is 8.36. The van der Waals surface area contributed by atoms with Crippen molar-refractivity contribution >= 4 is 17.5 Å². The molecule has 7 heteroatoms. The zero-order valence-electron chi connectivity index (χ0n) is 17.5. The van der Waals surface area contributed by atoms with Gasteiger partial charge in [0.15, 0.2) is 0 Å². The zero-order valence-corrected chi connectivity index (χ0v) is 17.5. The van der Waals surface area contributed by atoms with Gasteiger partial charge in [-0.05, 0) is 37.6 Å². The molecule has 2 amide bonds. The summed E-state index contributed by atoms with van der Waals surface area (Å²) in [5, 5.41) is 4.21. The Morgan fingerprint density at radius 3 is 2.59 bits per heavy atom. The van der Waals surface area contributed by atoms with Crippen molar-refractivity contribution in [3.05, 3.63) is 47.8 Å². The van der Waals surface area contributed by atoms with Gasteiger partial charge in [-0.25, -0.2) is 0 Å². The smallest absolute Gasteiger partial charge is 0.253 e. The number of rotatable bonds is 4. The first-order valence-electron chi connectivity index (χ1n) is 10.3. The van der Waals surface area contributed by atoms with Gasteiger partial charge in [0.25, 0.3) is 5.91 Å². The highest BCUT2D eigenvalue weighted by atomic mass is 16.2. The third kappa shape index (κ3) is 3.67. The number of carbonyl (C=O) groups is 2. The van der Waals surface area contributed by atoms with Gasteiger partial charge in [0.2, 0.25) is 5.91 Å². The lowest BCUT2D eigenvalue weighted by Crippen LogP contribution is -2.64. The molecular formula is C22H29N5O2. The molecule has 2 saturated heterocycles. The van der Waals surface area contributed by atoms with E-state index in [1.54, 1.807) is 10.9 Å². The zero-order chi connectivity index (χ0) is 20.6. The maximum Gasteiger partial charge on any atom is 0.253 e. The van der Waals surface area contributed by atoms with E-state index in [1.807, 2.05) is 42.2 Å². The molecule has 3 heterocycles. The molecule has 2 fully saturated rings. The van der Waals surface area contributed by atoms with Crippen molar-refractivity contribution < 1.29 is 9.59 Å². The van der Waals surface area contributed by atoms with Crippen LogP contribution in [0.25, 0.3) is 0 Å². The highest BCUT2D eigenvalue weighted by molar-refractivity contribution is 5.96. The van der Waals surface area contributed by atoms with Crippen LogP contribution in [0, 0.1) is 0 Å². The minimum atomic E-state index is -0.221. The molecule has 2 aromatic rings. The summed E-state index contributed by atoms with van der Waals surface area (Å²) in [5.41, 5.74) is 2.60. The minimum Gasteiger partial charge on any atom is -0.337 e. The van der Waals surface area contributed by atoms with Crippen LogP contribution < -0.4 is 4.90 Å². The number of anilines is 1. The fraction of sp³-hybridized carbons (Fsp3) is 0.500. The monoisotopic (exact) mass is 395 g/mol. The Morgan fingerprint density at radius 1 is 1.17 bits per heavy atom. The summed E-state index contributed by atoms with van der Waals surface area (Å²) in [6.07, 6.45) is 6.58. The van der Waals surface area contributed by atoms with Gasteiger partial charge in [-0.15, -0.1) is 0 Å². The molecular weight excluding hydrogens is 366 g/mol. The second-order valence-corrected chi connectivity index (χ2v) is 8.36. The summed E-state index contributed by atoms with van der Waals surface area (Å²) >= 11 is 0. The van der Waals surface area contributed by atoms with Crippen molar-refractivity contribution in [3.63, 3.8) is 0 Å². The summed E-state index contributed by atoms with van der Waals surface area (Å²) in [7, 11) is 3.84. The maximum atomic E-state index is 13.1. The average molecular weight is 396 g/mol. The third-order valence-electron chi connectivity index (χ3n) is 6.30. The van der Waals surface area contributed by atoms with E-state index in [0.717, 1.165) is 30.5 Å². The fourth-order valence-electron chi connectivity index (χ4n) is 4.50. The van der Waals surface area contributed by atoms with Crippen LogP contribution in [0.2, 0.25) is 0 Å². The van der Waals surface area contributed by atoms with Gasteiger partial charge in [-0.3, -0.25) is 19.2 Å². The number of nitrogens with zero attached hydrogens (tertiary/aromatic N) is 5. The first kappa shape index (κ1) is 19.6. The summed E-state index contributed by atoms with van der Waals surface area (Å²) < 4.78 is 1.71. The molecule has 0 unspecified atom stereocenters. The molecule has 0 bridgehead atoms. The normalized spacial score (nSPS) is 22.7. The van der Waals surface area contributed by atoms with Crippen LogP contribution >= 0.6 is 0 Å². The molecule has 0 aliphatic carbocycles. The van der Waals surface area contributed by atoms with Crippen molar-refractivity contribution in [2.45, 2.75) is 31.7 Å². The Kier molecular flexibility index (Phi) is 5.17.